The number of esters is 3. The molecule has 1 heterocycles. The van der Waals surface area contributed by atoms with E-state index in [1.807, 2.05) is 5.32 Å². The Labute approximate surface area is 171 Å². The van der Waals surface area contributed by atoms with Crippen LogP contribution in [-0.2, 0) is 30.6 Å². The van der Waals surface area contributed by atoms with Crippen LogP contribution in [-0.4, -0.2) is 49.8 Å². The molecule has 0 aliphatic heterocycles. The number of carbonyl (C=O) groups is 3. The predicted octanol–water partition coefficient (Wildman–Crippen LogP) is 3.33. The lowest BCUT2D eigenvalue weighted by molar-refractivity contribution is -0.142. The van der Waals surface area contributed by atoms with Gasteiger partial charge in [0.05, 0.1) is 26.0 Å². The van der Waals surface area contributed by atoms with E-state index in [9.17, 15) is 36.3 Å². The SMILES string of the molecule is CCOC(=O)CNc1c(C(=O)OCC)c(C(F)(F)F)nc(C(F)(F)Cl)c1C(=O)OC. The number of pyridine rings is 1. The molecule has 0 bridgehead atoms. The first-order chi connectivity index (χ1) is 13.8. The van der Waals surface area contributed by atoms with Crippen LogP contribution in [0.3, 0.4) is 0 Å². The van der Waals surface area contributed by atoms with E-state index in [1.54, 1.807) is 0 Å². The maximum absolute atomic E-state index is 13.9. The van der Waals surface area contributed by atoms with E-state index in [4.69, 9.17) is 11.6 Å². The van der Waals surface area contributed by atoms with Crippen LogP contribution < -0.4 is 5.32 Å². The number of nitrogens with one attached hydrogen (secondary N) is 1. The Kier molecular flexibility index (Phi) is 8.34. The van der Waals surface area contributed by atoms with E-state index in [2.05, 4.69) is 19.2 Å². The van der Waals surface area contributed by atoms with Crippen LogP contribution in [0.4, 0.5) is 27.6 Å². The molecule has 0 aliphatic rings. The zero-order chi connectivity index (χ0) is 23.3. The number of rotatable bonds is 8. The molecule has 0 saturated heterocycles. The van der Waals surface area contributed by atoms with Crippen molar-refractivity contribution >= 4 is 35.2 Å². The Morgan fingerprint density at radius 1 is 0.967 bits per heavy atom. The lowest BCUT2D eigenvalue weighted by Crippen LogP contribution is -2.28. The second kappa shape index (κ2) is 9.87. The van der Waals surface area contributed by atoms with Gasteiger partial charge in [0, 0.05) is 0 Å². The minimum Gasteiger partial charge on any atom is -0.465 e. The van der Waals surface area contributed by atoms with Crippen molar-refractivity contribution in [3.63, 3.8) is 0 Å². The largest absolute Gasteiger partial charge is 0.465 e. The summed E-state index contributed by atoms with van der Waals surface area (Å²) in [5.41, 5.74) is -7.74. The van der Waals surface area contributed by atoms with Gasteiger partial charge in [-0.3, -0.25) is 4.79 Å². The summed E-state index contributed by atoms with van der Waals surface area (Å²) in [6, 6.07) is 0. The minimum atomic E-state index is -5.44. The first-order valence-corrected chi connectivity index (χ1v) is 8.54. The van der Waals surface area contributed by atoms with Gasteiger partial charge in [0.2, 0.25) is 0 Å². The smallest absolute Gasteiger partial charge is 0.434 e. The van der Waals surface area contributed by atoms with Crippen LogP contribution in [0.1, 0.15) is 46.0 Å². The van der Waals surface area contributed by atoms with Crippen molar-refractivity contribution in [2.45, 2.75) is 25.4 Å². The number of methoxy groups -OCH3 is 1. The summed E-state index contributed by atoms with van der Waals surface area (Å²) < 4.78 is 81.8. The first-order valence-electron chi connectivity index (χ1n) is 8.16. The number of aromatic nitrogens is 1. The van der Waals surface area contributed by atoms with Crippen molar-refractivity contribution in [2.75, 3.05) is 32.2 Å². The number of carbonyl (C=O) groups excluding carboxylic acids is 3. The molecule has 30 heavy (non-hydrogen) atoms. The van der Waals surface area contributed by atoms with E-state index in [0.717, 1.165) is 7.11 Å². The predicted molar refractivity (Wildman–Crippen MR) is 91.4 cm³/mol. The number of hydrogen-bond donors (Lipinski definition) is 1. The molecule has 0 aromatic carbocycles. The molecule has 1 aromatic rings. The molecule has 0 atom stereocenters. The molecule has 168 valence electrons. The fourth-order valence-electron chi connectivity index (χ4n) is 2.25. The highest BCUT2D eigenvalue weighted by Gasteiger charge is 2.46. The molecule has 1 rings (SSSR count). The number of ether oxygens (including phenoxy) is 3. The van der Waals surface area contributed by atoms with E-state index in [1.165, 1.54) is 13.8 Å². The van der Waals surface area contributed by atoms with Gasteiger partial charge in [-0.05, 0) is 25.4 Å². The number of halogens is 6. The van der Waals surface area contributed by atoms with Gasteiger partial charge < -0.3 is 19.5 Å². The van der Waals surface area contributed by atoms with Gasteiger partial charge in [0.25, 0.3) is 0 Å². The molecule has 0 radical (unpaired) electrons. The van der Waals surface area contributed by atoms with E-state index >= 15 is 0 Å². The summed E-state index contributed by atoms with van der Waals surface area (Å²) in [5.74, 6) is -4.26. The second-order valence-electron chi connectivity index (χ2n) is 5.30. The average Bonchev–Trinajstić information content (AvgIpc) is 2.63. The molecule has 0 fully saturated rings. The van der Waals surface area contributed by atoms with Crippen molar-refractivity contribution in [2.24, 2.45) is 0 Å². The normalized spacial score (nSPS) is 11.6. The quantitative estimate of drug-likeness (QED) is 0.271. The third-order valence-electron chi connectivity index (χ3n) is 3.32. The van der Waals surface area contributed by atoms with E-state index in [-0.39, 0.29) is 6.61 Å². The van der Waals surface area contributed by atoms with Gasteiger partial charge in [-0.1, -0.05) is 0 Å². The number of alkyl halides is 6. The molecule has 1 N–H and O–H groups in total. The summed E-state index contributed by atoms with van der Waals surface area (Å²) in [5, 5.41) is -2.53. The van der Waals surface area contributed by atoms with Crippen LogP contribution in [0, 0.1) is 0 Å². The number of anilines is 1. The van der Waals surface area contributed by atoms with Gasteiger partial charge in [-0.15, -0.1) is 0 Å². The zero-order valence-corrected chi connectivity index (χ0v) is 16.5. The Morgan fingerprint density at radius 2 is 1.50 bits per heavy atom. The van der Waals surface area contributed by atoms with Crippen molar-refractivity contribution in [1.82, 2.24) is 4.98 Å². The number of nitrogens with zero attached hydrogens (tertiary/aromatic N) is 1. The highest BCUT2D eigenvalue weighted by atomic mass is 35.5. The molecular formula is C16H16ClF5N2O6. The Balaban J connectivity index is 3.99. The Bertz CT molecular complexity index is 826. The fourth-order valence-corrected chi connectivity index (χ4v) is 2.38. The van der Waals surface area contributed by atoms with Crippen LogP contribution in [0.25, 0.3) is 0 Å². The molecule has 8 nitrogen and oxygen atoms in total. The summed E-state index contributed by atoms with van der Waals surface area (Å²) in [4.78, 5) is 38.7. The lowest BCUT2D eigenvalue weighted by atomic mass is 10.0. The topological polar surface area (TPSA) is 104 Å². The molecule has 0 unspecified atom stereocenters. The monoisotopic (exact) mass is 462 g/mol. The van der Waals surface area contributed by atoms with Gasteiger partial charge in [0.15, 0.2) is 5.69 Å². The molecular weight excluding hydrogens is 447 g/mol. The summed E-state index contributed by atoms with van der Waals surface area (Å²) in [6.45, 7) is 1.31. The maximum Gasteiger partial charge on any atom is 0.434 e. The zero-order valence-electron chi connectivity index (χ0n) is 15.8. The second-order valence-corrected chi connectivity index (χ2v) is 5.77. The molecule has 14 heteroatoms. The first kappa shape index (κ1) is 25.3. The van der Waals surface area contributed by atoms with E-state index in [0.29, 0.717) is 0 Å². The summed E-state index contributed by atoms with van der Waals surface area (Å²) in [7, 11) is 0.745. The minimum absolute atomic E-state index is 0.107. The van der Waals surface area contributed by atoms with Crippen LogP contribution in [0.15, 0.2) is 0 Å². The Hall–Kier alpha value is -2.70. The van der Waals surface area contributed by atoms with Crippen LogP contribution in [0.5, 0.6) is 0 Å². The van der Waals surface area contributed by atoms with Crippen molar-refractivity contribution < 1.29 is 50.5 Å². The van der Waals surface area contributed by atoms with Gasteiger partial charge in [-0.2, -0.15) is 22.0 Å². The molecule has 0 amide bonds. The highest BCUT2D eigenvalue weighted by molar-refractivity contribution is 6.22. The molecule has 0 spiro atoms. The molecule has 0 saturated carbocycles. The molecule has 0 aliphatic carbocycles. The van der Waals surface area contributed by atoms with Crippen LogP contribution in [0.2, 0.25) is 0 Å². The molecule has 1 aromatic heterocycles. The van der Waals surface area contributed by atoms with Gasteiger partial charge in [-0.25, -0.2) is 14.6 Å². The Morgan fingerprint density at radius 3 is 1.93 bits per heavy atom. The summed E-state index contributed by atoms with van der Waals surface area (Å²) in [6.07, 6.45) is -5.44. The standard InChI is InChI=1S/C16H16ClF5N2O6/c1-4-29-7(25)6-23-10-8(13(26)28-3)11(15(17,18)19)24-12(16(20,21)22)9(10)14(27)30-5-2/h4-6H2,1-3H3,(H,23,24). The third kappa shape index (κ3) is 5.90. The third-order valence-corrected chi connectivity index (χ3v) is 3.50. The van der Waals surface area contributed by atoms with Gasteiger partial charge >= 0.3 is 29.5 Å². The maximum atomic E-state index is 13.9. The summed E-state index contributed by atoms with van der Waals surface area (Å²) >= 11 is 4.86. The van der Waals surface area contributed by atoms with Crippen LogP contribution >= 0.6 is 11.6 Å². The van der Waals surface area contributed by atoms with E-state index < -0.39 is 70.8 Å². The van der Waals surface area contributed by atoms with Crippen molar-refractivity contribution in [3.8, 4) is 0 Å². The highest BCUT2D eigenvalue weighted by Crippen LogP contribution is 2.42. The van der Waals surface area contributed by atoms with Crippen molar-refractivity contribution in [3.05, 3.63) is 22.5 Å². The number of hydrogen-bond acceptors (Lipinski definition) is 8. The van der Waals surface area contributed by atoms with Crippen molar-refractivity contribution in [1.29, 1.82) is 0 Å². The fraction of sp³-hybridized carbons (Fsp3) is 0.500. The average molecular weight is 463 g/mol. The lowest BCUT2D eigenvalue weighted by Gasteiger charge is -2.22. The van der Waals surface area contributed by atoms with Gasteiger partial charge in [0.1, 0.15) is 23.4 Å².